The normalized spacial score (nSPS) is 11.1. The zero-order valence-corrected chi connectivity index (χ0v) is 19.6. The van der Waals surface area contributed by atoms with E-state index in [1.807, 2.05) is 0 Å². The van der Waals surface area contributed by atoms with E-state index in [-0.39, 0.29) is 27.8 Å². The lowest BCUT2D eigenvalue weighted by Gasteiger charge is -2.25. The quantitative estimate of drug-likeness (QED) is 0.257. The Morgan fingerprint density at radius 3 is 2.34 bits per heavy atom. The number of sulfonamides is 1. The molecular weight excluding hydrogens is 476 g/mol. The Hall–Kier alpha value is -4.45. The van der Waals surface area contributed by atoms with E-state index in [1.165, 1.54) is 56.8 Å². The first-order valence-corrected chi connectivity index (χ1v) is 11.6. The second-order valence-electron chi connectivity index (χ2n) is 6.98. The predicted molar refractivity (Wildman–Crippen MR) is 129 cm³/mol. The minimum absolute atomic E-state index is 0.00671. The highest BCUT2D eigenvalue weighted by molar-refractivity contribution is 7.92. The number of hydrogen-bond acceptors (Lipinski definition) is 8. The highest BCUT2D eigenvalue weighted by Gasteiger charge is 2.29. The molecule has 0 atom stereocenters. The summed E-state index contributed by atoms with van der Waals surface area (Å²) >= 11 is 0. The summed E-state index contributed by atoms with van der Waals surface area (Å²) in [5, 5.41) is 15.0. The van der Waals surface area contributed by atoms with Crippen molar-refractivity contribution in [1.82, 2.24) is 5.43 Å². The molecule has 3 aromatic carbocycles. The molecule has 35 heavy (non-hydrogen) atoms. The van der Waals surface area contributed by atoms with Gasteiger partial charge in [0.05, 0.1) is 35.9 Å². The SMILES string of the molecule is COc1ccccc1N(CC(=O)N/N=C/c1ccc(OC)c([N+](=O)[O-])c1)S(=O)(=O)c1ccccc1. The third-order valence-electron chi connectivity index (χ3n) is 4.77. The number of methoxy groups -OCH3 is 2. The molecule has 0 heterocycles. The van der Waals surface area contributed by atoms with Gasteiger partial charge in [-0.05, 0) is 36.4 Å². The summed E-state index contributed by atoms with van der Waals surface area (Å²) in [5.41, 5.74) is 2.49. The number of hydrogen-bond donors (Lipinski definition) is 1. The van der Waals surface area contributed by atoms with Gasteiger partial charge in [-0.15, -0.1) is 0 Å². The van der Waals surface area contributed by atoms with Crippen LogP contribution in [-0.4, -0.2) is 46.2 Å². The number of hydrazone groups is 1. The van der Waals surface area contributed by atoms with Crippen molar-refractivity contribution < 1.29 is 27.6 Å². The highest BCUT2D eigenvalue weighted by atomic mass is 32.2. The molecule has 0 saturated carbocycles. The van der Waals surface area contributed by atoms with Crippen molar-refractivity contribution in [3.63, 3.8) is 0 Å². The second-order valence-corrected chi connectivity index (χ2v) is 8.84. The van der Waals surface area contributed by atoms with E-state index in [4.69, 9.17) is 9.47 Å². The average molecular weight is 499 g/mol. The molecule has 182 valence electrons. The molecule has 0 fully saturated rings. The highest BCUT2D eigenvalue weighted by Crippen LogP contribution is 2.32. The minimum atomic E-state index is -4.13. The topological polar surface area (TPSA) is 140 Å². The predicted octanol–water partition coefficient (Wildman–Crippen LogP) is 2.96. The van der Waals surface area contributed by atoms with Crippen molar-refractivity contribution in [1.29, 1.82) is 0 Å². The second kappa shape index (κ2) is 11.1. The molecule has 3 rings (SSSR count). The van der Waals surface area contributed by atoms with E-state index in [0.717, 1.165) is 4.31 Å². The molecule has 0 saturated heterocycles. The van der Waals surface area contributed by atoms with Gasteiger partial charge in [0.15, 0.2) is 5.75 Å². The molecule has 11 nitrogen and oxygen atoms in total. The number of amides is 1. The Morgan fingerprint density at radius 2 is 1.69 bits per heavy atom. The van der Waals surface area contributed by atoms with Gasteiger partial charge in [-0.3, -0.25) is 19.2 Å². The van der Waals surface area contributed by atoms with Crippen LogP contribution >= 0.6 is 0 Å². The Kier molecular flexibility index (Phi) is 8.00. The van der Waals surface area contributed by atoms with Gasteiger partial charge in [0, 0.05) is 11.6 Å². The molecule has 0 unspecified atom stereocenters. The van der Waals surface area contributed by atoms with Crippen LogP contribution in [0.2, 0.25) is 0 Å². The summed E-state index contributed by atoms with van der Waals surface area (Å²) in [7, 11) is -1.42. The van der Waals surface area contributed by atoms with E-state index >= 15 is 0 Å². The summed E-state index contributed by atoms with van der Waals surface area (Å²) in [6.07, 6.45) is 1.20. The number of nitro groups is 1. The van der Waals surface area contributed by atoms with Crippen LogP contribution < -0.4 is 19.2 Å². The van der Waals surface area contributed by atoms with E-state index in [9.17, 15) is 23.3 Å². The van der Waals surface area contributed by atoms with Crippen LogP contribution in [0.3, 0.4) is 0 Å². The van der Waals surface area contributed by atoms with E-state index in [2.05, 4.69) is 10.5 Å². The third kappa shape index (κ3) is 5.92. The molecular formula is C23H22N4O7S. The summed E-state index contributed by atoms with van der Waals surface area (Å²) in [4.78, 5) is 23.2. The van der Waals surface area contributed by atoms with Gasteiger partial charge in [-0.2, -0.15) is 5.10 Å². The summed E-state index contributed by atoms with van der Waals surface area (Å²) in [5.74, 6) is -0.404. The van der Waals surface area contributed by atoms with Gasteiger partial charge in [0.25, 0.3) is 15.9 Å². The van der Waals surface area contributed by atoms with Crippen molar-refractivity contribution in [2.75, 3.05) is 25.1 Å². The molecule has 1 amide bonds. The van der Waals surface area contributed by atoms with Gasteiger partial charge >= 0.3 is 5.69 Å². The number of carbonyl (C=O) groups excluding carboxylic acids is 1. The van der Waals surface area contributed by atoms with Crippen LogP contribution in [0.5, 0.6) is 11.5 Å². The molecule has 3 aromatic rings. The number of nitro benzene ring substituents is 1. The number of carbonyl (C=O) groups is 1. The fourth-order valence-corrected chi connectivity index (χ4v) is 4.58. The maximum atomic E-state index is 13.4. The molecule has 0 aliphatic carbocycles. The third-order valence-corrected chi connectivity index (χ3v) is 6.55. The summed E-state index contributed by atoms with van der Waals surface area (Å²) in [6.45, 7) is -0.600. The molecule has 1 N–H and O–H groups in total. The Labute approximate surface area is 201 Å². The van der Waals surface area contributed by atoms with Crippen molar-refractivity contribution in [3.05, 3.63) is 88.5 Å². The monoisotopic (exact) mass is 498 g/mol. The van der Waals surface area contributed by atoms with Crippen molar-refractivity contribution in [2.45, 2.75) is 4.90 Å². The lowest BCUT2D eigenvalue weighted by atomic mass is 10.2. The minimum Gasteiger partial charge on any atom is -0.495 e. The van der Waals surface area contributed by atoms with Crippen molar-refractivity contribution in [2.24, 2.45) is 5.10 Å². The number of para-hydroxylation sites is 2. The van der Waals surface area contributed by atoms with Crippen LogP contribution in [0.15, 0.2) is 82.8 Å². The van der Waals surface area contributed by atoms with Crippen LogP contribution in [0.1, 0.15) is 5.56 Å². The average Bonchev–Trinajstić information content (AvgIpc) is 2.87. The summed E-state index contributed by atoms with van der Waals surface area (Å²) < 4.78 is 37.9. The standard InChI is InChI=1S/C23H22N4O7S/c1-33-21-11-7-6-10-19(21)26(35(31,32)18-8-4-3-5-9-18)16-23(28)25-24-15-17-12-13-22(34-2)20(14-17)27(29)30/h3-15H,16H2,1-2H3,(H,25,28)/b24-15+. The molecule has 12 heteroatoms. The van der Waals surface area contributed by atoms with Gasteiger partial charge in [-0.1, -0.05) is 30.3 Å². The van der Waals surface area contributed by atoms with Crippen LogP contribution in [0.4, 0.5) is 11.4 Å². The van der Waals surface area contributed by atoms with Crippen LogP contribution in [-0.2, 0) is 14.8 Å². The van der Waals surface area contributed by atoms with Crippen LogP contribution in [0, 0.1) is 10.1 Å². The number of nitrogens with zero attached hydrogens (tertiary/aromatic N) is 3. The fourth-order valence-electron chi connectivity index (χ4n) is 3.13. The maximum absolute atomic E-state index is 13.4. The Morgan fingerprint density at radius 1 is 1.03 bits per heavy atom. The maximum Gasteiger partial charge on any atom is 0.311 e. The van der Waals surface area contributed by atoms with E-state index in [1.54, 1.807) is 36.4 Å². The zero-order valence-electron chi connectivity index (χ0n) is 18.8. The lowest BCUT2D eigenvalue weighted by Crippen LogP contribution is -2.39. The first-order chi connectivity index (χ1) is 16.8. The molecule has 0 bridgehead atoms. The van der Waals surface area contributed by atoms with Gasteiger partial charge in [-0.25, -0.2) is 13.8 Å². The Bertz CT molecular complexity index is 1340. The number of rotatable bonds is 10. The first-order valence-electron chi connectivity index (χ1n) is 10.1. The van der Waals surface area contributed by atoms with Gasteiger partial charge in [0.2, 0.25) is 0 Å². The van der Waals surface area contributed by atoms with Gasteiger partial charge in [0.1, 0.15) is 12.3 Å². The lowest BCUT2D eigenvalue weighted by molar-refractivity contribution is -0.385. The number of anilines is 1. The Balaban J connectivity index is 1.85. The molecule has 0 aliphatic heterocycles. The molecule has 0 radical (unpaired) electrons. The fraction of sp³-hybridized carbons (Fsp3) is 0.130. The number of ether oxygens (including phenoxy) is 2. The number of benzene rings is 3. The largest absolute Gasteiger partial charge is 0.495 e. The first kappa shape index (κ1) is 25.2. The molecule has 0 spiro atoms. The number of nitrogens with one attached hydrogen (secondary N) is 1. The summed E-state index contributed by atoms with van der Waals surface area (Å²) in [6, 6.07) is 18.2. The van der Waals surface area contributed by atoms with Gasteiger partial charge < -0.3 is 9.47 Å². The van der Waals surface area contributed by atoms with Crippen LogP contribution in [0.25, 0.3) is 0 Å². The molecule has 0 aliphatic rings. The molecule has 0 aromatic heterocycles. The van der Waals surface area contributed by atoms with E-state index in [0.29, 0.717) is 5.56 Å². The van der Waals surface area contributed by atoms with E-state index < -0.39 is 27.4 Å². The smallest absolute Gasteiger partial charge is 0.311 e. The van der Waals surface area contributed by atoms with Crippen molar-refractivity contribution >= 4 is 33.5 Å². The zero-order chi connectivity index (χ0) is 25.4. The van der Waals surface area contributed by atoms with Crippen molar-refractivity contribution in [3.8, 4) is 11.5 Å².